The highest BCUT2D eigenvalue weighted by molar-refractivity contribution is 6.17. The fourth-order valence-corrected chi connectivity index (χ4v) is 1.69. The highest BCUT2D eigenvalue weighted by Gasteiger charge is 2.17. The van der Waals surface area contributed by atoms with Crippen molar-refractivity contribution in [1.82, 2.24) is 9.80 Å². The van der Waals surface area contributed by atoms with Crippen LogP contribution in [0.3, 0.4) is 0 Å². The summed E-state index contributed by atoms with van der Waals surface area (Å²) >= 11 is 5.61. The average Bonchev–Trinajstić information content (AvgIpc) is 2.15. The number of hydrogen-bond donors (Lipinski definition) is 0. The summed E-state index contributed by atoms with van der Waals surface area (Å²) in [5, 5.41) is 0. The molecule has 0 aliphatic carbocycles. The molecular formula is C9H17ClN2O. The summed E-state index contributed by atoms with van der Waals surface area (Å²) in [6.07, 6.45) is 1.04. The lowest BCUT2D eigenvalue weighted by Crippen LogP contribution is -2.48. The van der Waals surface area contributed by atoms with E-state index < -0.39 is 0 Å². The zero-order valence-electron chi connectivity index (χ0n) is 8.13. The third-order valence-corrected chi connectivity index (χ3v) is 2.69. The molecular weight excluding hydrogens is 188 g/mol. The minimum Gasteiger partial charge on any atom is -0.340 e. The lowest BCUT2D eigenvalue weighted by molar-refractivity contribution is -0.130. The van der Waals surface area contributed by atoms with Crippen molar-refractivity contribution < 1.29 is 4.79 Å². The number of alkyl halides is 1. The smallest absolute Gasteiger partial charge is 0.219 e. The SMILES string of the molecule is CC(=O)N1CCN(CCCCl)CC1. The summed E-state index contributed by atoms with van der Waals surface area (Å²) in [6, 6.07) is 0. The Hall–Kier alpha value is -0.280. The van der Waals surface area contributed by atoms with Gasteiger partial charge in [-0.25, -0.2) is 0 Å². The zero-order valence-corrected chi connectivity index (χ0v) is 8.89. The van der Waals surface area contributed by atoms with Crippen LogP contribution in [0.15, 0.2) is 0 Å². The van der Waals surface area contributed by atoms with Gasteiger partial charge in [0.05, 0.1) is 0 Å². The molecule has 0 aromatic heterocycles. The lowest BCUT2D eigenvalue weighted by atomic mass is 10.3. The van der Waals surface area contributed by atoms with Gasteiger partial charge in [0.15, 0.2) is 0 Å². The van der Waals surface area contributed by atoms with E-state index in [1.165, 1.54) is 0 Å². The first kappa shape index (κ1) is 10.8. The van der Waals surface area contributed by atoms with E-state index in [0.29, 0.717) is 0 Å². The molecule has 76 valence electrons. The molecule has 0 saturated carbocycles. The van der Waals surface area contributed by atoms with E-state index >= 15 is 0 Å². The Balaban J connectivity index is 2.18. The van der Waals surface area contributed by atoms with Crippen LogP contribution in [0.25, 0.3) is 0 Å². The number of rotatable bonds is 3. The van der Waals surface area contributed by atoms with E-state index in [0.717, 1.165) is 45.0 Å². The van der Waals surface area contributed by atoms with Gasteiger partial charge < -0.3 is 4.90 Å². The number of carbonyl (C=O) groups excluding carboxylic acids is 1. The molecule has 0 radical (unpaired) electrons. The van der Waals surface area contributed by atoms with Crippen LogP contribution in [0.5, 0.6) is 0 Å². The van der Waals surface area contributed by atoms with Gasteiger partial charge >= 0.3 is 0 Å². The molecule has 0 spiro atoms. The Morgan fingerprint density at radius 3 is 2.38 bits per heavy atom. The molecule has 0 aromatic carbocycles. The summed E-state index contributed by atoms with van der Waals surface area (Å²) in [5.74, 6) is 0.921. The van der Waals surface area contributed by atoms with Crippen LogP contribution < -0.4 is 0 Å². The predicted molar refractivity (Wildman–Crippen MR) is 54.0 cm³/mol. The van der Waals surface area contributed by atoms with E-state index in [2.05, 4.69) is 4.90 Å². The summed E-state index contributed by atoms with van der Waals surface area (Å²) in [4.78, 5) is 15.3. The van der Waals surface area contributed by atoms with E-state index in [1.807, 2.05) is 4.90 Å². The van der Waals surface area contributed by atoms with Crippen molar-refractivity contribution in [2.45, 2.75) is 13.3 Å². The van der Waals surface area contributed by atoms with E-state index in [4.69, 9.17) is 11.6 Å². The van der Waals surface area contributed by atoms with Gasteiger partial charge in [0, 0.05) is 39.0 Å². The molecule has 3 nitrogen and oxygen atoms in total. The molecule has 1 amide bonds. The Morgan fingerprint density at radius 1 is 1.31 bits per heavy atom. The summed E-state index contributed by atoms with van der Waals surface area (Å²) < 4.78 is 0. The maximum Gasteiger partial charge on any atom is 0.219 e. The second kappa shape index (κ2) is 5.45. The minimum absolute atomic E-state index is 0.192. The molecule has 0 bridgehead atoms. The van der Waals surface area contributed by atoms with Gasteiger partial charge in [-0.3, -0.25) is 9.69 Å². The van der Waals surface area contributed by atoms with Gasteiger partial charge in [0.1, 0.15) is 0 Å². The van der Waals surface area contributed by atoms with Gasteiger partial charge in [0.2, 0.25) is 5.91 Å². The monoisotopic (exact) mass is 204 g/mol. The summed E-state index contributed by atoms with van der Waals surface area (Å²) in [5.41, 5.74) is 0. The second-order valence-corrected chi connectivity index (χ2v) is 3.77. The normalized spacial score (nSPS) is 19.1. The molecule has 1 rings (SSSR count). The Bertz CT molecular complexity index is 167. The summed E-state index contributed by atoms with van der Waals surface area (Å²) in [6.45, 7) is 6.44. The van der Waals surface area contributed by atoms with Gasteiger partial charge in [-0.15, -0.1) is 11.6 Å². The standard InChI is InChI=1S/C9H17ClN2O/c1-9(13)12-7-5-11(6-8-12)4-2-3-10/h2-8H2,1H3. The highest BCUT2D eigenvalue weighted by atomic mass is 35.5. The van der Waals surface area contributed by atoms with E-state index in [-0.39, 0.29) is 5.91 Å². The van der Waals surface area contributed by atoms with Crippen LogP contribution in [0, 0.1) is 0 Å². The Kier molecular flexibility index (Phi) is 4.53. The molecule has 1 heterocycles. The Labute approximate surface area is 84.6 Å². The maximum absolute atomic E-state index is 11.0. The van der Waals surface area contributed by atoms with Gasteiger partial charge in [-0.2, -0.15) is 0 Å². The van der Waals surface area contributed by atoms with Crippen molar-refractivity contribution >= 4 is 17.5 Å². The molecule has 1 saturated heterocycles. The number of halogens is 1. The van der Waals surface area contributed by atoms with E-state index in [1.54, 1.807) is 6.92 Å². The molecule has 1 fully saturated rings. The third-order valence-electron chi connectivity index (χ3n) is 2.43. The highest BCUT2D eigenvalue weighted by Crippen LogP contribution is 2.02. The molecule has 4 heteroatoms. The van der Waals surface area contributed by atoms with Gasteiger partial charge in [0.25, 0.3) is 0 Å². The van der Waals surface area contributed by atoms with Crippen LogP contribution in [-0.2, 0) is 4.79 Å². The van der Waals surface area contributed by atoms with Crippen LogP contribution in [0.1, 0.15) is 13.3 Å². The van der Waals surface area contributed by atoms with Crippen molar-refractivity contribution in [2.24, 2.45) is 0 Å². The second-order valence-electron chi connectivity index (χ2n) is 3.39. The van der Waals surface area contributed by atoms with Crippen molar-refractivity contribution in [3.63, 3.8) is 0 Å². The summed E-state index contributed by atoms with van der Waals surface area (Å²) in [7, 11) is 0. The minimum atomic E-state index is 0.192. The van der Waals surface area contributed by atoms with E-state index in [9.17, 15) is 4.79 Å². The number of hydrogen-bond acceptors (Lipinski definition) is 2. The maximum atomic E-state index is 11.0. The van der Waals surface area contributed by atoms with Crippen LogP contribution in [-0.4, -0.2) is 54.3 Å². The first-order valence-electron chi connectivity index (χ1n) is 4.78. The molecule has 1 aliphatic heterocycles. The van der Waals surface area contributed by atoms with Crippen LogP contribution in [0.4, 0.5) is 0 Å². The molecule has 0 N–H and O–H groups in total. The van der Waals surface area contributed by atoms with Crippen LogP contribution >= 0.6 is 11.6 Å². The number of amides is 1. The first-order chi connectivity index (χ1) is 6.24. The molecule has 0 aromatic rings. The van der Waals surface area contributed by atoms with Crippen LogP contribution in [0.2, 0.25) is 0 Å². The Morgan fingerprint density at radius 2 is 1.92 bits per heavy atom. The molecule has 13 heavy (non-hydrogen) atoms. The van der Waals surface area contributed by atoms with Gasteiger partial charge in [-0.05, 0) is 13.0 Å². The average molecular weight is 205 g/mol. The van der Waals surface area contributed by atoms with Crippen molar-refractivity contribution in [2.75, 3.05) is 38.6 Å². The quantitative estimate of drug-likeness (QED) is 0.635. The largest absolute Gasteiger partial charge is 0.340 e. The topological polar surface area (TPSA) is 23.6 Å². The fraction of sp³-hybridized carbons (Fsp3) is 0.889. The molecule has 0 atom stereocenters. The molecule has 1 aliphatic rings. The third kappa shape index (κ3) is 3.53. The van der Waals surface area contributed by atoms with Crippen molar-refractivity contribution in [3.8, 4) is 0 Å². The van der Waals surface area contributed by atoms with Crippen molar-refractivity contribution in [3.05, 3.63) is 0 Å². The fourth-order valence-electron chi connectivity index (χ4n) is 1.57. The predicted octanol–water partition coefficient (Wildman–Crippen LogP) is 0.779. The lowest BCUT2D eigenvalue weighted by Gasteiger charge is -2.34. The van der Waals surface area contributed by atoms with Gasteiger partial charge in [-0.1, -0.05) is 0 Å². The first-order valence-corrected chi connectivity index (χ1v) is 5.31. The zero-order chi connectivity index (χ0) is 9.68. The molecule has 0 unspecified atom stereocenters. The number of nitrogens with zero attached hydrogens (tertiary/aromatic N) is 2. The number of carbonyl (C=O) groups is 1. The number of piperazine rings is 1. The van der Waals surface area contributed by atoms with Crippen molar-refractivity contribution in [1.29, 1.82) is 0 Å².